The molecule has 2 rings (SSSR count). The molecule has 2 aromatic rings. The first kappa shape index (κ1) is 20.0. The number of carbonyl (C=O) groups excluding carboxylic acids is 1. The molecule has 0 aromatic heterocycles. The van der Waals surface area contributed by atoms with Crippen LogP contribution in [0.1, 0.15) is 28.4 Å². The lowest BCUT2D eigenvalue weighted by Gasteiger charge is -2.15. The Hall–Kier alpha value is -3.35. The highest BCUT2D eigenvalue weighted by molar-refractivity contribution is 5.92. The molecule has 0 spiro atoms. The molecule has 0 fully saturated rings. The van der Waals surface area contributed by atoms with E-state index in [0.717, 1.165) is 5.56 Å². The van der Waals surface area contributed by atoms with Crippen LogP contribution in [0, 0.1) is 6.92 Å². The van der Waals surface area contributed by atoms with Gasteiger partial charge in [-0.1, -0.05) is 12.1 Å². The zero-order chi connectivity index (χ0) is 20.0. The van der Waals surface area contributed by atoms with Crippen molar-refractivity contribution < 1.29 is 28.9 Å². The number of methoxy groups -OCH3 is 2. The third-order valence-electron chi connectivity index (χ3n) is 3.84. The molecule has 0 unspecified atom stereocenters. The summed E-state index contributed by atoms with van der Waals surface area (Å²) in [6.07, 6.45) is 0.480. The van der Waals surface area contributed by atoms with Crippen LogP contribution in [0.4, 0.5) is 5.69 Å². The average molecular weight is 371 g/mol. The molecule has 0 amide bonds. The summed E-state index contributed by atoms with van der Waals surface area (Å²) in [4.78, 5) is 27.3. The van der Waals surface area contributed by atoms with Gasteiger partial charge in [-0.15, -0.1) is 0 Å². The Morgan fingerprint density at radius 2 is 1.93 bits per heavy atom. The number of esters is 1. The maximum atomic E-state index is 11.7. The van der Waals surface area contributed by atoms with Crippen molar-refractivity contribution in [1.82, 2.24) is 0 Å². The van der Waals surface area contributed by atoms with E-state index in [1.807, 2.05) is 6.92 Å². The van der Waals surface area contributed by atoms with E-state index in [9.17, 15) is 9.59 Å². The maximum Gasteiger partial charge on any atom is 0.344 e. The molecule has 0 aliphatic rings. The van der Waals surface area contributed by atoms with E-state index in [1.54, 1.807) is 36.4 Å². The van der Waals surface area contributed by atoms with Gasteiger partial charge < -0.3 is 19.3 Å². The minimum atomic E-state index is -1.09. The number of nitrogens with zero attached hydrogens (tertiary/aromatic N) is 1. The van der Waals surface area contributed by atoms with E-state index >= 15 is 0 Å². The van der Waals surface area contributed by atoms with Gasteiger partial charge in [0.05, 0.1) is 25.5 Å². The van der Waals surface area contributed by atoms with Gasteiger partial charge in [-0.3, -0.25) is 4.99 Å². The van der Waals surface area contributed by atoms with Gasteiger partial charge in [0.2, 0.25) is 0 Å². The van der Waals surface area contributed by atoms with Gasteiger partial charge in [-0.25, -0.2) is 9.59 Å². The lowest BCUT2D eigenvalue weighted by atomic mass is 10.1. The molecule has 0 heterocycles. The molecule has 0 aliphatic heterocycles. The number of hydrogen-bond donors (Lipinski definition) is 1. The third kappa shape index (κ3) is 4.84. The maximum absolute atomic E-state index is 11.7. The number of aliphatic carboxylic acids is 1. The van der Waals surface area contributed by atoms with Gasteiger partial charge in [0.15, 0.2) is 17.6 Å². The Balaban J connectivity index is 2.42. The number of hydrogen-bond acceptors (Lipinski definition) is 6. The van der Waals surface area contributed by atoms with E-state index in [1.165, 1.54) is 27.4 Å². The predicted octanol–water partition coefficient (Wildman–Crippen LogP) is 3.39. The lowest BCUT2D eigenvalue weighted by molar-refractivity contribution is -0.144. The monoisotopic (exact) mass is 371 g/mol. The molecular formula is C20H21NO6. The van der Waals surface area contributed by atoms with Gasteiger partial charge >= 0.3 is 11.9 Å². The second-order valence-electron chi connectivity index (χ2n) is 5.73. The molecule has 27 heavy (non-hydrogen) atoms. The summed E-state index contributed by atoms with van der Waals surface area (Å²) in [7, 11) is 2.78. The fraction of sp³-hybridized carbons (Fsp3) is 0.250. The van der Waals surface area contributed by atoms with E-state index < -0.39 is 18.0 Å². The second kappa shape index (κ2) is 8.84. The number of aliphatic imine (C=N–C) groups is 1. The zero-order valence-corrected chi connectivity index (χ0v) is 15.6. The van der Waals surface area contributed by atoms with Crippen molar-refractivity contribution in [3.8, 4) is 11.5 Å². The van der Waals surface area contributed by atoms with Crippen LogP contribution in [0.5, 0.6) is 11.5 Å². The molecule has 0 saturated carbocycles. The molecule has 142 valence electrons. The van der Waals surface area contributed by atoms with Crippen molar-refractivity contribution in [3.63, 3.8) is 0 Å². The largest absolute Gasteiger partial charge is 0.493 e. The normalized spacial score (nSPS) is 11.9. The SMILES string of the molecule is COC(=O)c1ccc(C)c(N=Cc2cccc(OC)c2O[C@H](C)C(=O)O)c1. The number of aryl methyl sites for hydroxylation is 1. The van der Waals surface area contributed by atoms with E-state index in [-0.39, 0.29) is 5.75 Å². The van der Waals surface area contributed by atoms with Gasteiger partial charge in [-0.05, 0) is 43.7 Å². The molecule has 0 aliphatic carbocycles. The molecule has 1 N–H and O–H groups in total. The molecule has 7 heteroatoms. The minimum absolute atomic E-state index is 0.278. The summed E-state index contributed by atoms with van der Waals surface area (Å²) in [6.45, 7) is 3.29. The van der Waals surface area contributed by atoms with Crippen LogP contribution in [-0.4, -0.2) is 43.6 Å². The van der Waals surface area contributed by atoms with Crippen LogP contribution in [0.25, 0.3) is 0 Å². The van der Waals surface area contributed by atoms with Crippen LogP contribution >= 0.6 is 0 Å². The lowest BCUT2D eigenvalue weighted by Crippen LogP contribution is -2.23. The quantitative estimate of drug-likeness (QED) is 0.592. The van der Waals surface area contributed by atoms with Crippen molar-refractivity contribution in [1.29, 1.82) is 0 Å². The topological polar surface area (TPSA) is 94.4 Å². The van der Waals surface area contributed by atoms with Crippen molar-refractivity contribution in [3.05, 3.63) is 53.1 Å². The molecule has 0 radical (unpaired) electrons. The summed E-state index contributed by atoms with van der Waals surface area (Å²) >= 11 is 0. The Kier molecular flexibility index (Phi) is 6.54. The van der Waals surface area contributed by atoms with Gasteiger partial charge in [0.1, 0.15) is 0 Å². The number of carboxylic acids is 1. The molecular weight excluding hydrogens is 350 g/mol. The van der Waals surface area contributed by atoms with Crippen molar-refractivity contribution in [2.75, 3.05) is 14.2 Å². The summed E-state index contributed by atoms with van der Waals surface area (Å²) in [5.74, 6) is -0.870. The standard InChI is InChI=1S/C20H21NO6/c1-12-8-9-14(20(24)26-4)10-16(12)21-11-15-6-5-7-17(25-3)18(15)27-13(2)19(22)23/h5-11,13H,1-4H3,(H,22,23)/t13-/m1/s1. The summed E-state index contributed by atoms with van der Waals surface area (Å²) < 4.78 is 15.5. The molecule has 2 aromatic carbocycles. The highest BCUT2D eigenvalue weighted by atomic mass is 16.5. The Morgan fingerprint density at radius 1 is 1.19 bits per heavy atom. The first-order chi connectivity index (χ1) is 12.9. The third-order valence-corrected chi connectivity index (χ3v) is 3.84. The van der Waals surface area contributed by atoms with Crippen LogP contribution in [0.15, 0.2) is 41.4 Å². The predicted molar refractivity (Wildman–Crippen MR) is 100 cm³/mol. The van der Waals surface area contributed by atoms with Crippen molar-refractivity contribution >= 4 is 23.8 Å². The number of ether oxygens (including phenoxy) is 3. The Morgan fingerprint density at radius 3 is 2.56 bits per heavy atom. The smallest absolute Gasteiger partial charge is 0.344 e. The fourth-order valence-electron chi connectivity index (χ4n) is 2.28. The highest BCUT2D eigenvalue weighted by Gasteiger charge is 2.18. The Labute approximate surface area is 157 Å². The van der Waals surface area contributed by atoms with E-state index in [2.05, 4.69) is 4.99 Å². The second-order valence-corrected chi connectivity index (χ2v) is 5.73. The highest BCUT2D eigenvalue weighted by Crippen LogP contribution is 2.31. The van der Waals surface area contributed by atoms with Crippen LogP contribution < -0.4 is 9.47 Å². The summed E-state index contributed by atoms with van der Waals surface area (Å²) in [5.41, 5.74) is 2.38. The van der Waals surface area contributed by atoms with E-state index in [0.29, 0.717) is 22.6 Å². The number of carbonyl (C=O) groups is 2. The van der Waals surface area contributed by atoms with Crippen molar-refractivity contribution in [2.45, 2.75) is 20.0 Å². The van der Waals surface area contributed by atoms with Crippen LogP contribution in [0.3, 0.4) is 0 Å². The first-order valence-corrected chi connectivity index (χ1v) is 8.16. The molecule has 7 nitrogen and oxygen atoms in total. The summed E-state index contributed by atoms with van der Waals surface area (Å²) in [6, 6.07) is 10.2. The molecule has 0 saturated heterocycles. The number of benzene rings is 2. The van der Waals surface area contributed by atoms with Gasteiger partial charge in [0.25, 0.3) is 0 Å². The molecule has 0 bridgehead atoms. The number of carboxylic acid groups (broad SMARTS) is 1. The summed E-state index contributed by atoms with van der Waals surface area (Å²) in [5, 5.41) is 9.10. The average Bonchev–Trinajstić information content (AvgIpc) is 2.67. The van der Waals surface area contributed by atoms with Crippen LogP contribution in [0.2, 0.25) is 0 Å². The zero-order valence-electron chi connectivity index (χ0n) is 15.6. The van der Waals surface area contributed by atoms with E-state index in [4.69, 9.17) is 19.3 Å². The Bertz CT molecular complexity index is 875. The minimum Gasteiger partial charge on any atom is -0.493 e. The number of para-hydroxylation sites is 1. The van der Waals surface area contributed by atoms with Crippen molar-refractivity contribution in [2.24, 2.45) is 4.99 Å². The fourth-order valence-corrected chi connectivity index (χ4v) is 2.28. The van der Waals surface area contributed by atoms with Gasteiger partial charge in [-0.2, -0.15) is 0 Å². The first-order valence-electron chi connectivity index (χ1n) is 8.16. The van der Waals surface area contributed by atoms with Gasteiger partial charge in [0, 0.05) is 11.8 Å². The number of rotatable bonds is 7. The van der Waals surface area contributed by atoms with Crippen LogP contribution in [-0.2, 0) is 9.53 Å². The molecule has 1 atom stereocenters.